The summed E-state index contributed by atoms with van der Waals surface area (Å²) >= 11 is 0. The van der Waals surface area contributed by atoms with E-state index in [1.807, 2.05) is 0 Å². The second-order valence-electron chi connectivity index (χ2n) is 5.17. The zero-order valence-electron chi connectivity index (χ0n) is 12.7. The quantitative estimate of drug-likeness (QED) is 0.803. The highest BCUT2D eigenvalue weighted by atomic mass is 19.1. The molecule has 0 fully saturated rings. The summed E-state index contributed by atoms with van der Waals surface area (Å²) in [6, 6.07) is 7.79. The summed E-state index contributed by atoms with van der Waals surface area (Å²) in [5, 5.41) is 6.80. The number of nitrogens with zero attached hydrogens (tertiary/aromatic N) is 3. The van der Waals surface area contributed by atoms with Crippen molar-refractivity contribution in [2.45, 2.75) is 20.4 Å². The van der Waals surface area contributed by atoms with Gasteiger partial charge >= 0.3 is 0 Å². The molecule has 0 saturated carbocycles. The molecule has 0 aliphatic rings. The Bertz CT molecular complexity index is 836. The number of rotatable bonds is 4. The maximum Gasteiger partial charge on any atom is 0.261 e. The van der Waals surface area contributed by atoms with Gasteiger partial charge in [0.1, 0.15) is 23.7 Å². The van der Waals surface area contributed by atoms with Crippen LogP contribution in [0.15, 0.2) is 41.1 Å². The summed E-state index contributed by atoms with van der Waals surface area (Å²) in [6.45, 7) is 3.94. The highest BCUT2D eigenvalue weighted by Gasteiger charge is 2.15. The molecule has 2 aromatic heterocycles. The monoisotopic (exact) mass is 314 g/mol. The number of benzene rings is 1. The summed E-state index contributed by atoms with van der Waals surface area (Å²) in [5.74, 6) is 0.813. The normalized spacial score (nSPS) is 10.7. The lowest BCUT2D eigenvalue weighted by atomic mass is 10.2. The third kappa shape index (κ3) is 3.45. The molecule has 1 aromatic carbocycles. The van der Waals surface area contributed by atoms with E-state index in [-0.39, 0.29) is 17.7 Å². The van der Waals surface area contributed by atoms with Gasteiger partial charge in [-0.3, -0.25) is 10.1 Å². The fourth-order valence-electron chi connectivity index (χ4n) is 2.23. The second-order valence-corrected chi connectivity index (χ2v) is 5.17. The van der Waals surface area contributed by atoms with E-state index in [1.165, 1.54) is 18.5 Å². The molecule has 0 spiro atoms. The second kappa shape index (κ2) is 6.04. The molecule has 0 atom stereocenters. The predicted octanol–water partition coefficient (Wildman–Crippen LogP) is 2.93. The van der Waals surface area contributed by atoms with Crippen LogP contribution in [0.3, 0.4) is 0 Å². The standard InChI is InChI=1S/C16H15FN4O2/c1-10-7-14(11(2)23-10)15(22)19-16-18-9-21(20-16)8-12-3-5-13(17)6-4-12/h3-7,9H,8H2,1-2H3,(H,19,20,22). The summed E-state index contributed by atoms with van der Waals surface area (Å²) in [7, 11) is 0. The Kier molecular flexibility index (Phi) is 3.92. The summed E-state index contributed by atoms with van der Waals surface area (Å²) in [4.78, 5) is 16.2. The van der Waals surface area contributed by atoms with Crippen molar-refractivity contribution in [2.24, 2.45) is 0 Å². The number of anilines is 1. The first kappa shape index (κ1) is 15.0. The fourth-order valence-corrected chi connectivity index (χ4v) is 2.23. The van der Waals surface area contributed by atoms with Crippen LogP contribution in [-0.4, -0.2) is 20.7 Å². The minimum absolute atomic E-state index is 0.204. The number of hydrogen-bond donors (Lipinski definition) is 1. The minimum atomic E-state index is -0.320. The topological polar surface area (TPSA) is 73.0 Å². The van der Waals surface area contributed by atoms with Crippen LogP contribution >= 0.6 is 0 Å². The van der Waals surface area contributed by atoms with Crippen LogP contribution < -0.4 is 5.32 Å². The number of aromatic nitrogens is 3. The Morgan fingerprint density at radius 3 is 2.70 bits per heavy atom. The molecule has 6 nitrogen and oxygen atoms in total. The van der Waals surface area contributed by atoms with Gasteiger partial charge in [0.2, 0.25) is 5.95 Å². The van der Waals surface area contributed by atoms with Crippen LogP contribution in [0.2, 0.25) is 0 Å². The first-order valence-corrected chi connectivity index (χ1v) is 7.03. The molecule has 3 rings (SSSR count). The van der Waals surface area contributed by atoms with Crippen LogP contribution in [0.5, 0.6) is 0 Å². The average molecular weight is 314 g/mol. The van der Waals surface area contributed by atoms with Crippen molar-refractivity contribution in [2.75, 3.05) is 5.32 Å². The maximum atomic E-state index is 12.9. The summed E-state index contributed by atoms with van der Waals surface area (Å²) < 4.78 is 19.8. The van der Waals surface area contributed by atoms with Crippen molar-refractivity contribution in [3.05, 3.63) is 65.1 Å². The number of carbonyl (C=O) groups is 1. The molecule has 7 heteroatoms. The van der Waals surface area contributed by atoms with E-state index in [1.54, 1.807) is 36.7 Å². The molecule has 0 aliphatic carbocycles. The molecule has 0 bridgehead atoms. The Morgan fingerprint density at radius 1 is 1.30 bits per heavy atom. The minimum Gasteiger partial charge on any atom is -0.466 e. The van der Waals surface area contributed by atoms with E-state index in [9.17, 15) is 9.18 Å². The lowest BCUT2D eigenvalue weighted by molar-refractivity contribution is 0.102. The number of halogens is 1. The van der Waals surface area contributed by atoms with Crippen LogP contribution in [0, 0.1) is 19.7 Å². The van der Waals surface area contributed by atoms with Crippen molar-refractivity contribution in [1.82, 2.24) is 14.8 Å². The van der Waals surface area contributed by atoms with E-state index in [4.69, 9.17) is 4.42 Å². The summed E-state index contributed by atoms with van der Waals surface area (Å²) in [6.07, 6.45) is 1.51. The van der Waals surface area contributed by atoms with Crippen molar-refractivity contribution in [1.29, 1.82) is 0 Å². The van der Waals surface area contributed by atoms with Gasteiger partial charge in [-0.1, -0.05) is 12.1 Å². The summed E-state index contributed by atoms with van der Waals surface area (Å²) in [5.41, 5.74) is 1.34. The van der Waals surface area contributed by atoms with Gasteiger partial charge in [0.25, 0.3) is 5.91 Å². The van der Waals surface area contributed by atoms with Crippen molar-refractivity contribution in [3.63, 3.8) is 0 Å². The molecule has 0 unspecified atom stereocenters. The molecule has 23 heavy (non-hydrogen) atoms. The van der Waals surface area contributed by atoms with Gasteiger partial charge in [-0.2, -0.15) is 0 Å². The lowest BCUT2D eigenvalue weighted by Gasteiger charge is -2.01. The average Bonchev–Trinajstić information content (AvgIpc) is 3.07. The van der Waals surface area contributed by atoms with Crippen molar-refractivity contribution >= 4 is 11.9 Å². The number of nitrogens with one attached hydrogen (secondary N) is 1. The van der Waals surface area contributed by atoms with Gasteiger partial charge in [-0.25, -0.2) is 14.1 Å². The Labute approximate surface area is 132 Å². The molecule has 2 heterocycles. The van der Waals surface area contributed by atoms with Crippen molar-refractivity contribution < 1.29 is 13.6 Å². The number of carbonyl (C=O) groups excluding carboxylic acids is 1. The van der Waals surface area contributed by atoms with Gasteiger partial charge in [0.05, 0.1) is 12.1 Å². The molecule has 0 saturated heterocycles. The largest absolute Gasteiger partial charge is 0.466 e. The number of hydrogen-bond acceptors (Lipinski definition) is 4. The molecular weight excluding hydrogens is 299 g/mol. The first-order valence-electron chi connectivity index (χ1n) is 7.03. The maximum absolute atomic E-state index is 12.9. The molecule has 0 radical (unpaired) electrons. The fraction of sp³-hybridized carbons (Fsp3) is 0.188. The number of amides is 1. The highest BCUT2D eigenvalue weighted by molar-refractivity contribution is 6.04. The Morgan fingerprint density at radius 2 is 2.04 bits per heavy atom. The lowest BCUT2D eigenvalue weighted by Crippen LogP contribution is -2.13. The third-order valence-electron chi connectivity index (χ3n) is 3.31. The number of furan rings is 1. The van der Waals surface area contributed by atoms with Gasteiger partial charge in [-0.15, -0.1) is 5.10 Å². The smallest absolute Gasteiger partial charge is 0.261 e. The van der Waals surface area contributed by atoms with E-state index in [0.717, 1.165) is 5.56 Å². The molecule has 0 aliphatic heterocycles. The van der Waals surface area contributed by atoms with Crippen molar-refractivity contribution in [3.8, 4) is 0 Å². The van der Waals surface area contributed by atoms with Crippen LogP contribution in [0.4, 0.5) is 10.3 Å². The molecule has 118 valence electrons. The van der Waals surface area contributed by atoms with E-state index in [0.29, 0.717) is 23.6 Å². The zero-order chi connectivity index (χ0) is 16.4. The van der Waals surface area contributed by atoms with Gasteiger partial charge in [0.15, 0.2) is 0 Å². The molecule has 3 aromatic rings. The van der Waals surface area contributed by atoms with Gasteiger partial charge < -0.3 is 4.42 Å². The van der Waals surface area contributed by atoms with Crippen LogP contribution in [0.25, 0.3) is 0 Å². The molecule has 1 amide bonds. The van der Waals surface area contributed by atoms with E-state index < -0.39 is 0 Å². The SMILES string of the molecule is Cc1cc(C(=O)Nc2ncn(Cc3ccc(F)cc3)n2)c(C)o1. The Balaban J connectivity index is 1.68. The first-order chi connectivity index (χ1) is 11.0. The van der Waals surface area contributed by atoms with E-state index >= 15 is 0 Å². The van der Waals surface area contributed by atoms with Gasteiger partial charge in [-0.05, 0) is 37.6 Å². The van der Waals surface area contributed by atoms with Crippen LogP contribution in [-0.2, 0) is 6.54 Å². The highest BCUT2D eigenvalue weighted by Crippen LogP contribution is 2.15. The zero-order valence-corrected chi connectivity index (χ0v) is 12.7. The van der Waals surface area contributed by atoms with E-state index in [2.05, 4.69) is 15.4 Å². The van der Waals surface area contributed by atoms with Crippen LogP contribution in [0.1, 0.15) is 27.4 Å². The third-order valence-corrected chi connectivity index (χ3v) is 3.31. The number of aryl methyl sites for hydroxylation is 2. The van der Waals surface area contributed by atoms with Gasteiger partial charge in [0, 0.05) is 0 Å². The Hall–Kier alpha value is -2.96. The predicted molar refractivity (Wildman–Crippen MR) is 81.7 cm³/mol. The molecular formula is C16H15FN4O2. The molecule has 1 N–H and O–H groups in total.